The minimum absolute atomic E-state index is 0.303. The van der Waals surface area contributed by atoms with Gasteiger partial charge in [-0.25, -0.2) is 19.2 Å². The molecule has 1 aromatic carbocycles. The van der Waals surface area contributed by atoms with Gasteiger partial charge in [-0.1, -0.05) is 19.4 Å². The molecule has 3 aromatic heterocycles. The van der Waals surface area contributed by atoms with E-state index in [1.165, 1.54) is 13.3 Å². The van der Waals surface area contributed by atoms with Gasteiger partial charge in [0, 0.05) is 56.3 Å². The maximum atomic E-state index is 15.6. The van der Waals surface area contributed by atoms with Gasteiger partial charge in [0.05, 0.1) is 18.2 Å². The third kappa shape index (κ3) is 6.24. The molecule has 41 heavy (non-hydrogen) atoms. The first-order valence-electron chi connectivity index (χ1n) is 13.5. The van der Waals surface area contributed by atoms with Gasteiger partial charge in [0.15, 0.2) is 11.5 Å². The SMILES string of the molecule is CCCc1c(F)c2cnc(Nc3ccc(N4CCN(C(=O)OC)CC4)cc3)nc2n1-c1cccc(N[SH](C)(C)=O)n1. The minimum Gasteiger partial charge on any atom is -0.453 e. The highest BCUT2D eigenvalue weighted by Crippen LogP contribution is 2.29. The summed E-state index contributed by atoms with van der Waals surface area (Å²) in [4.78, 5) is 29.3. The van der Waals surface area contributed by atoms with Crippen LogP contribution in [0, 0.1) is 5.82 Å². The van der Waals surface area contributed by atoms with Gasteiger partial charge < -0.3 is 24.6 Å². The fourth-order valence-corrected chi connectivity index (χ4v) is 5.57. The van der Waals surface area contributed by atoms with Crippen LogP contribution in [0.15, 0.2) is 48.7 Å². The van der Waals surface area contributed by atoms with Crippen LogP contribution in [0.25, 0.3) is 16.9 Å². The molecule has 1 amide bonds. The predicted octanol–water partition coefficient (Wildman–Crippen LogP) is 4.14. The number of hydrogen-bond acceptors (Lipinski definition) is 8. The van der Waals surface area contributed by atoms with Gasteiger partial charge in [0.2, 0.25) is 5.95 Å². The Labute approximate surface area is 239 Å². The number of benzene rings is 1. The van der Waals surface area contributed by atoms with E-state index in [1.54, 1.807) is 40.2 Å². The lowest BCUT2D eigenvalue weighted by Gasteiger charge is -2.35. The van der Waals surface area contributed by atoms with Crippen molar-refractivity contribution in [1.82, 2.24) is 24.4 Å². The predicted molar refractivity (Wildman–Crippen MR) is 162 cm³/mol. The molecule has 1 aliphatic rings. The average Bonchev–Trinajstić information content (AvgIpc) is 3.23. The average molecular weight is 583 g/mol. The highest BCUT2D eigenvalue weighted by Gasteiger charge is 2.23. The fraction of sp³-hybridized carbons (Fsp3) is 0.357. The van der Waals surface area contributed by atoms with Crippen LogP contribution in [0.3, 0.4) is 0 Å². The van der Waals surface area contributed by atoms with Crippen LogP contribution in [-0.2, 0) is 21.3 Å². The van der Waals surface area contributed by atoms with E-state index in [2.05, 4.69) is 29.9 Å². The molecule has 0 unspecified atom stereocenters. The number of fused-ring (bicyclic) bond motifs is 1. The second-order valence-corrected chi connectivity index (χ2v) is 13.2. The van der Waals surface area contributed by atoms with Gasteiger partial charge in [-0.15, -0.1) is 0 Å². The Morgan fingerprint density at radius 1 is 1.07 bits per heavy atom. The lowest BCUT2D eigenvalue weighted by Crippen LogP contribution is -2.48. The molecule has 1 fully saturated rings. The summed E-state index contributed by atoms with van der Waals surface area (Å²) in [5, 5.41) is 3.53. The number of methoxy groups -OCH3 is 1. The molecular weight excluding hydrogens is 547 g/mol. The maximum Gasteiger partial charge on any atom is 0.409 e. The normalized spacial score (nSPS) is 14.3. The van der Waals surface area contributed by atoms with E-state index >= 15 is 4.39 Å². The molecule has 11 nitrogen and oxygen atoms in total. The van der Waals surface area contributed by atoms with Crippen LogP contribution in [0.2, 0.25) is 0 Å². The van der Waals surface area contributed by atoms with Gasteiger partial charge >= 0.3 is 6.09 Å². The van der Waals surface area contributed by atoms with E-state index in [1.807, 2.05) is 31.2 Å². The number of pyridine rings is 1. The summed E-state index contributed by atoms with van der Waals surface area (Å²) in [7, 11) is -1.20. The molecule has 13 heteroatoms. The largest absolute Gasteiger partial charge is 0.453 e. The van der Waals surface area contributed by atoms with E-state index in [4.69, 9.17) is 4.74 Å². The van der Waals surface area contributed by atoms with E-state index in [-0.39, 0.29) is 11.9 Å². The number of aromatic nitrogens is 4. The smallest absolute Gasteiger partial charge is 0.409 e. The molecule has 0 saturated carbocycles. The summed E-state index contributed by atoms with van der Waals surface area (Å²) in [6, 6.07) is 13.2. The maximum absolute atomic E-state index is 15.6. The monoisotopic (exact) mass is 582 g/mol. The van der Waals surface area contributed by atoms with E-state index in [0.29, 0.717) is 66.9 Å². The van der Waals surface area contributed by atoms with Crippen LogP contribution >= 0.6 is 0 Å². The zero-order valence-electron chi connectivity index (χ0n) is 23.6. The van der Waals surface area contributed by atoms with Crippen molar-refractivity contribution in [3.8, 4) is 5.82 Å². The van der Waals surface area contributed by atoms with Crippen LogP contribution < -0.4 is 14.9 Å². The number of anilines is 4. The van der Waals surface area contributed by atoms with Crippen molar-refractivity contribution in [1.29, 1.82) is 0 Å². The Kier molecular flexibility index (Phi) is 8.06. The number of carbonyl (C=O) groups is 1. The van der Waals surface area contributed by atoms with Crippen LogP contribution in [0.4, 0.5) is 32.3 Å². The van der Waals surface area contributed by atoms with Gasteiger partial charge in [-0.2, -0.15) is 4.98 Å². The summed E-state index contributed by atoms with van der Waals surface area (Å²) in [5.41, 5.74) is 2.68. The quantitative estimate of drug-likeness (QED) is 0.266. The van der Waals surface area contributed by atoms with Gasteiger partial charge in [-0.05, 0) is 52.9 Å². The summed E-state index contributed by atoms with van der Waals surface area (Å²) < 4.78 is 37.4. The molecule has 5 rings (SSSR count). The lowest BCUT2D eigenvalue weighted by molar-refractivity contribution is 0.121. The van der Waals surface area contributed by atoms with Gasteiger partial charge in [-0.3, -0.25) is 8.78 Å². The highest BCUT2D eigenvalue weighted by molar-refractivity contribution is 8.02. The summed E-state index contributed by atoms with van der Waals surface area (Å²) in [6.07, 6.45) is 5.64. The first-order chi connectivity index (χ1) is 19.7. The highest BCUT2D eigenvalue weighted by atomic mass is 32.3. The van der Waals surface area contributed by atoms with Crippen LogP contribution in [-0.4, -0.2) is 80.5 Å². The first-order valence-corrected chi connectivity index (χ1v) is 16.1. The van der Waals surface area contributed by atoms with E-state index in [0.717, 1.165) is 17.8 Å². The molecule has 0 spiro atoms. The summed E-state index contributed by atoms with van der Waals surface area (Å²) >= 11 is 0. The second-order valence-electron chi connectivity index (χ2n) is 10.2. The van der Waals surface area contributed by atoms with Crippen molar-refractivity contribution < 1.29 is 18.1 Å². The zero-order valence-corrected chi connectivity index (χ0v) is 24.5. The molecule has 4 aromatic rings. The number of halogens is 1. The molecule has 2 N–H and O–H groups in total. The Morgan fingerprint density at radius 3 is 2.46 bits per heavy atom. The molecule has 1 aliphatic heterocycles. The molecule has 1 saturated heterocycles. The fourth-order valence-electron chi connectivity index (χ4n) is 4.89. The number of amides is 1. The van der Waals surface area contributed by atoms with Crippen molar-refractivity contribution in [3.63, 3.8) is 0 Å². The van der Waals surface area contributed by atoms with Crippen molar-refractivity contribution in [3.05, 3.63) is 60.2 Å². The van der Waals surface area contributed by atoms with Crippen molar-refractivity contribution >= 4 is 50.4 Å². The number of nitrogens with zero attached hydrogens (tertiary/aromatic N) is 6. The second kappa shape index (κ2) is 11.7. The van der Waals surface area contributed by atoms with Crippen molar-refractivity contribution in [2.75, 3.05) is 60.7 Å². The zero-order chi connectivity index (χ0) is 29.1. The third-order valence-corrected chi connectivity index (χ3v) is 7.54. The molecular formula is C28H35FN8O3S. The van der Waals surface area contributed by atoms with E-state index in [9.17, 15) is 9.00 Å². The topological polar surface area (TPSA) is 118 Å². The molecule has 0 aliphatic carbocycles. The van der Waals surface area contributed by atoms with Crippen LogP contribution in [0.1, 0.15) is 19.0 Å². The Bertz CT molecular complexity index is 1600. The number of thiol groups is 1. The summed E-state index contributed by atoms with van der Waals surface area (Å²) in [5.74, 6) is 0.864. The van der Waals surface area contributed by atoms with E-state index < -0.39 is 10.1 Å². The van der Waals surface area contributed by atoms with Crippen molar-refractivity contribution in [2.24, 2.45) is 0 Å². The molecule has 0 radical (unpaired) electrons. The number of hydrogen-bond donors (Lipinski definition) is 3. The molecule has 0 bridgehead atoms. The number of piperazine rings is 1. The molecule has 0 atom stereocenters. The number of nitrogens with one attached hydrogen (secondary N) is 2. The standard InChI is InChI=1S/C28H35FN8O3S/c1-5-7-22-25(29)21-18-30-27(33-26(21)37(22)24-9-6-8-23(32-24)34-41(3,4)39)31-19-10-12-20(13-11-19)35-14-16-36(17-15-35)28(38)40-2/h6,8-13,18,41H,5,7,14-17H2,1-4H3,(H,30,31,33)(H,32,34,39). The Morgan fingerprint density at radius 2 is 1.80 bits per heavy atom. The molecule has 4 heterocycles. The minimum atomic E-state index is -2.59. The number of rotatable bonds is 8. The lowest BCUT2D eigenvalue weighted by atomic mass is 10.2. The first kappa shape index (κ1) is 28.3. The number of ether oxygens (including phenoxy) is 1. The number of carbonyl (C=O) groups excluding carboxylic acids is 1. The van der Waals surface area contributed by atoms with Gasteiger partial charge in [0.25, 0.3) is 0 Å². The Balaban J connectivity index is 1.41. The van der Waals surface area contributed by atoms with Crippen molar-refractivity contribution in [2.45, 2.75) is 19.8 Å². The third-order valence-electron chi connectivity index (χ3n) is 6.78. The van der Waals surface area contributed by atoms with Gasteiger partial charge in [0.1, 0.15) is 11.6 Å². The van der Waals surface area contributed by atoms with Crippen LogP contribution in [0.5, 0.6) is 0 Å². The molecule has 218 valence electrons. The Hall–Kier alpha value is -4.26. The summed E-state index contributed by atoms with van der Waals surface area (Å²) in [6.45, 7) is 4.60.